The molecule has 0 aromatic heterocycles. The summed E-state index contributed by atoms with van der Waals surface area (Å²) >= 11 is 7.60. The first kappa shape index (κ1) is 6.81. The standard InChI is InChI=1S/C8H9ClS/c1-5-2-6-3-7(6)4-8(9)10-5/h2,4,6-7H,3H2,1H3. The van der Waals surface area contributed by atoms with Crippen molar-refractivity contribution in [3.05, 3.63) is 21.4 Å². The van der Waals surface area contributed by atoms with Crippen LogP contribution in [-0.4, -0.2) is 0 Å². The average Bonchev–Trinajstić information content (AvgIpc) is 2.43. The van der Waals surface area contributed by atoms with Gasteiger partial charge in [-0.3, -0.25) is 0 Å². The lowest BCUT2D eigenvalue weighted by Crippen LogP contribution is -1.68. The van der Waals surface area contributed by atoms with Crippen LogP contribution in [0.3, 0.4) is 0 Å². The minimum atomic E-state index is 0.762. The van der Waals surface area contributed by atoms with Crippen molar-refractivity contribution in [2.75, 3.05) is 0 Å². The molecule has 0 N–H and O–H groups in total. The molecule has 54 valence electrons. The van der Waals surface area contributed by atoms with Crippen molar-refractivity contribution in [1.82, 2.24) is 0 Å². The van der Waals surface area contributed by atoms with Crippen molar-refractivity contribution in [1.29, 1.82) is 0 Å². The fourth-order valence-electron chi connectivity index (χ4n) is 1.31. The molecule has 0 nitrogen and oxygen atoms in total. The van der Waals surface area contributed by atoms with E-state index in [4.69, 9.17) is 11.6 Å². The van der Waals surface area contributed by atoms with Gasteiger partial charge in [0.05, 0.1) is 4.36 Å². The van der Waals surface area contributed by atoms with Gasteiger partial charge in [0.1, 0.15) is 0 Å². The van der Waals surface area contributed by atoms with Gasteiger partial charge in [0, 0.05) is 0 Å². The Balaban J connectivity index is 2.23. The molecule has 2 unspecified atom stereocenters. The molecule has 10 heavy (non-hydrogen) atoms. The van der Waals surface area contributed by atoms with Crippen LogP contribution in [0.1, 0.15) is 13.3 Å². The Hall–Kier alpha value is 0.120. The average molecular weight is 173 g/mol. The molecular formula is C8H9ClS. The lowest BCUT2D eigenvalue weighted by molar-refractivity contribution is 0.994. The monoisotopic (exact) mass is 172 g/mol. The Kier molecular flexibility index (Phi) is 1.58. The van der Waals surface area contributed by atoms with Crippen LogP contribution in [0.5, 0.6) is 0 Å². The van der Waals surface area contributed by atoms with Crippen LogP contribution in [-0.2, 0) is 0 Å². The zero-order valence-corrected chi connectivity index (χ0v) is 7.38. The molecular weight excluding hydrogens is 164 g/mol. The van der Waals surface area contributed by atoms with Crippen molar-refractivity contribution < 1.29 is 0 Å². The summed E-state index contributed by atoms with van der Waals surface area (Å²) in [5, 5.41) is 0. The maximum absolute atomic E-state index is 5.92. The molecule has 0 radical (unpaired) electrons. The van der Waals surface area contributed by atoms with Crippen LogP contribution in [0.25, 0.3) is 0 Å². The second kappa shape index (κ2) is 2.31. The van der Waals surface area contributed by atoms with Gasteiger partial charge >= 0.3 is 0 Å². The minimum Gasteiger partial charge on any atom is -0.0831 e. The smallest absolute Gasteiger partial charge is 0.0742 e. The van der Waals surface area contributed by atoms with Gasteiger partial charge in [-0.1, -0.05) is 35.5 Å². The van der Waals surface area contributed by atoms with Crippen LogP contribution in [0.15, 0.2) is 21.4 Å². The van der Waals surface area contributed by atoms with E-state index in [1.807, 2.05) is 0 Å². The van der Waals surface area contributed by atoms with Gasteiger partial charge in [-0.15, -0.1) is 0 Å². The second-order valence-corrected chi connectivity index (χ2v) is 4.83. The van der Waals surface area contributed by atoms with E-state index in [1.54, 1.807) is 11.8 Å². The van der Waals surface area contributed by atoms with Crippen molar-refractivity contribution in [2.45, 2.75) is 13.3 Å². The van der Waals surface area contributed by atoms with Crippen LogP contribution >= 0.6 is 23.4 Å². The van der Waals surface area contributed by atoms with Gasteiger partial charge in [-0.05, 0) is 30.1 Å². The Morgan fingerprint density at radius 1 is 1.50 bits per heavy atom. The number of rotatable bonds is 0. The SMILES string of the molecule is CC1=CC2CC2C=C(Cl)S1. The summed E-state index contributed by atoms with van der Waals surface area (Å²) in [4.78, 5) is 1.35. The zero-order valence-electron chi connectivity index (χ0n) is 5.80. The maximum Gasteiger partial charge on any atom is 0.0742 e. The molecule has 0 spiro atoms. The zero-order chi connectivity index (χ0) is 7.14. The van der Waals surface area contributed by atoms with E-state index in [-0.39, 0.29) is 0 Å². The first-order chi connectivity index (χ1) is 4.75. The lowest BCUT2D eigenvalue weighted by atomic mass is 10.3. The van der Waals surface area contributed by atoms with E-state index in [2.05, 4.69) is 19.1 Å². The number of allylic oxidation sites excluding steroid dienone is 3. The minimum absolute atomic E-state index is 0.762. The van der Waals surface area contributed by atoms with Gasteiger partial charge in [-0.25, -0.2) is 0 Å². The Labute approximate surface area is 70.3 Å². The summed E-state index contributed by atoms with van der Waals surface area (Å²) in [5.74, 6) is 1.57. The molecule has 2 heteroatoms. The van der Waals surface area contributed by atoms with Crippen LogP contribution < -0.4 is 0 Å². The Morgan fingerprint density at radius 3 is 3.00 bits per heavy atom. The third kappa shape index (κ3) is 1.25. The van der Waals surface area contributed by atoms with E-state index < -0.39 is 0 Å². The number of hydrogen-bond donors (Lipinski definition) is 0. The third-order valence-electron chi connectivity index (χ3n) is 1.94. The summed E-state index contributed by atoms with van der Waals surface area (Å²) in [5.41, 5.74) is 0. The van der Waals surface area contributed by atoms with Crippen molar-refractivity contribution in [3.8, 4) is 0 Å². The van der Waals surface area contributed by atoms with Crippen LogP contribution in [0.4, 0.5) is 0 Å². The quantitative estimate of drug-likeness (QED) is 0.540. The summed E-state index contributed by atoms with van der Waals surface area (Å²) < 4.78 is 0.957. The predicted molar refractivity (Wildman–Crippen MR) is 46.9 cm³/mol. The van der Waals surface area contributed by atoms with E-state index >= 15 is 0 Å². The summed E-state index contributed by atoms with van der Waals surface area (Å²) in [6.45, 7) is 2.13. The van der Waals surface area contributed by atoms with E-state index in [9.17, 15) is 0 Å². The van der Waals surface area contributed by atoms with Gasteiger partial charge in [-0.2, -0.15) is 0 Å². The van der Waals surface area contributed by atoms with Gasteiger partial charge < -0.3 is 0 Å². The first-order valence-electron chi connectivity index (χ1n) is 3.49. The van der Waals surface area contributed by atoms with E-state index in [1.165, 1.54) is 11.3 Å². The number of halogens is 1. The fraction of sp³-hybridized carbons (Fsp3) is 0.500. The van der Waals surface area contributed by atoms with Gasteiger partial charge in [0.2, 0.25) is 0 Å². The topological polar surface area (TPSA) is 0 Å². The highest BCUT2D eigenvalue weighted by Crippen LogP contribution is 2.48. The largest absolute Gasteiger partial charge is 0.0831 e. The van der Waals surface area contributed by atoms with Crippen LogP contribution in [0.2, 0.25) is 0 Å². The van der Waals surface area contributed by atoms with Crippen LogP contribution in [0, 0.1) is 11.8 Å². The van der Waals surface area contributed by atoms with Gasteiger partial charge in [0.15, 0.2) is 0 Å². The molecule has 0 aromatic rings. The molecule has 1 heterocycles. The summed E-state index contributed by atoms with van der Waals surface area (Å²) in [6.07, 6.45) is 5.83. The molecule has 1 fully saturated rings. The molecule has 0 bridgehead atoms. The molecule has 1 aliphatic carbocycles. The number of hydrogen-bond acceptors (Lipinski definition) is 1. The lowest BCUT2D eigenvalue weighted by Gasteiger charge is -1.94. The highest BCUT2D eigenvalue weighted by Gasteiger charge is 2.35. The van der Waals surface area contributed by atoms with Crippen molar-refractivity contribution in [2.24, 2.45) is 11.8 Å². The molecule has 0 aromatic carbocycles. The third-order valence-corrected chi connectivity index (χ3v) is 3.09. The number of thioether (sulfide) groups is 1. The number of fused-ring (bicyclic) bond motifs is 1. The molecule has 2 atom stereocenters. The van der Waals surface area contributed by atoms with E-state index in [0.29, 0.717) is 0 Å². The fourth-order valence-corrected chi connectivity index (χ4v) is 2.63. The normalized spacial score (nSPS) is 37.4. The predicted octanol–water partition coefficient (Wildman–Crippen LogP) is 3.35. The molecule has 1 aliphatic heterocycles. The molecule has 1 saturated carbocycles. The van der Waals surface area contributed by atoms with Crippen molar-refractivity contribution in [3.63, 3.8) is 0 Å². The summed E-state index contributed by atoms with van der Waals surface area (Å²) in [6, 6.07) is 0. The highest BCUT2D eigenvalue weighted by molar-refractivity contribution is 8.08. The molecule has 0 amide bonds. The van der Waals surface area contributed by atoms with E-state index in [0.717, 1.165) is 16.2 Å². The Bertz CT molecular complexity index is 195. The molecule has 2 aliphatic rings. The highest BCUT2D eigenvalue weighted by atomic mass is 35.5. The maximum atomic E-state index is 5.92. The van der Waals surface area contributed by atoms with Crippen molar-refractivity contribution >= 4 is 23.4 Å². The molecule has 2 rings (SSSR count). The molecule has 0 saturated heterocycles. The second-order valence-electron chi connectivity index (χ2n) is 2.91. The Morgan fingerprint density at radius 2 is 2.20 bits per heavy atom. The summed E-state index contributed by atoms with van der Waals surface area (Å²) in [7, 11) is 0. The first-order valence-corrected chi connectivity index (χ1v) is 4.69. The van der Waals surface area contributed by atoms with Gasteiger partial charge in [0.25, 0.3) is 0 Å².